The van der Waals surface area contributed by atoms with E-state index in [0.717, 1.165) is 16.8 Å². The number of amides is 2. The fourth-order valence-electron chi connectivity index (χ4n) is 2.94. The first-order valence-electron chi connectivity index (χ1n) is 9.24. The smallest absolute Gasteiger partial charge is 0.255 e. The summed E-state index contributed by atoms with van der Waals surface area (Å²) < 4.78 is 0. The van der Waals surface area contributed by atoms with E-state index in [9.17, 15) is 14.4 Å². The number of hydrogen-bond acceptors (Lipinski definition) is 3. The standard InChI is InChI=1S/C24H22N2O3/c1-15-7-12-22(16(2)13-15)26-24(29)19-10-8-18(9-11-19)23(28)25-21-6-4-5-20(14-21)17(3)27/h4-14H,1-3H3,(H,25,28)(H,26,29). The molecule has 0 heterocycles. The van der Waals surface area contributed by atoms with Crippen molar-refractivity contribution in [3.05, 3.63) is 94.5 Å². The van der Waals surface area contributed by atoms with Gasteiger partial charge in [-0.05, 0) is 68.8 Å². The van der Waals surface area contributed by atoms with Crippen molar-refractivity contribution in [2.45, 2.75) is 20.8 Å². The minimum Gasteiger partial charge on any atom is -0.322 e. The second-order valence-electron chi connectivity index (χ2n) is 6.94. The van der Waals surface area contributed by atoms with E-state index in [1.165, 1.54) is 6.92 Å². The molecule has 3 aromatic carbocycles. The van der Waals surface area contributed by atoms with Gasteiger partial charge >= 0.3 is 0 Å². The van der Waals surface area contributed by atoms with Crippen molar-refractivity contribution in [3.63, 3.8) is 0 Å². The van der Waals surface area contributed by atoms with E-state index < -0.39 is 0 Å². The highest BCUT2D eigenvalue weighted by Gasteiger charge is 2.11. The van der Waals surface area contributed by atoms with Gasteiger partial charge in [0.05, 0.1) is 0 Å². The maximum Gasteiger partial charge on any atom is 0.255 e. The quantitative estimate of drug-likeness (QED) is 0.605. The molecule has 0 fully saturated rings. The molecule has 0 aliphatic carbocycles. The largest absolute Gasteiger partial charge is 0.322 e. The van der Waals surface area contributed by atoms with Crippen molar-refractivity contribution in [2.24, 2.45) is 0 Å². The highest BCUT2D eigenvalue weighted by Crippen LogP contribution is 2.18. The Morgan fingerprint density at radius 3 is 1.90 bits per heavy atom. The van der Waals surface area contributed by atoms with Crippen molar-refractivity contribution in [1.29, 1.82) is 0 Å². The lowest BCUT2D eigenvalue weighted by atomic mass is 10.1. The van der Waals surface area contributed by atoms with Gasteiger partial charge in [-0.1, -0.05) is 29.8 Å². The van der Waals surface area contributed by atoms with Crippen molar-refractivity contribution < 1.29 is 14.4 Å². The number of anilines is 2. The summed E-state index contributed by atoms with van der Waals surface area (Å²) in [7, 11) is 0. The Balaban J connectivity index is 1.69. The van der Waals surface area contributed by atoms with E-state index >= 15 is 0 Å². The number of carbonyl (C=O) groups excluding carboxylic acids is 3. The van der Waals surface area contributed by atoms with Crippen LogP contribution < -0.4 is 10.6 Å². The number of benzene rings is 3. The number of hydrogen-bond donors (Lipinski definition) is 2. The molecule has 146 valence electrons. The van der Waals surface area contributed by atoms with Crippen LogP contribution in [-0.2, 0) is 0 Å². The van der Waals surface area contributed by atoms with Crippen LogP contribution in [0.2, 0.25) is 0 Å². The SMILES string of the molecule is CC(=O)c1cccc(NC(=O)c2ccc(C(=O)Nc3ccc(C)cc3C)cc2)c1. The van der Waals surface area contributed by atoms with Gasteiger partial charge in [-0.25, -0.2) is 0 Å². The first-order valence-corrected chi connectivity index (χ1v) is 9.24. The predicted molar refractivity (Wildman–Crippen MR) is 115 cm³/mol. The predicted octanol–water partition coefficient (Wildman–Crippen LogP) is 5.01. The van der Waals surface area contributed by atoms with Crippen molar-refractivity contribution in [3.8, 4) is 0 Å². The maximum absolute atomic E-state index is 12.5. The molecule has 0 radical (unpaired) electrons. The first kappa shape index (κ1) is 20.0. The van der Waals surface area contributed by atoms with E-state index in [-0.39, 0.29) is 17.6 Å². The molecule has 0 bridgehead atoms. The second-order valence-corrected chi connectivity index (χ2v) is 6.94. The molecule has 2 N–H and O–H groups in total. The number of rotatable bonds is 5. The summed E-state index contributed by atoms with van der Waals surface area (Å²) in [5.74, 6) is -0.620. The normalized spacial score (nSPS) is 10.3. The summed E-state index contributed by atoms with van der Waals surface area (Å²) >= 11 is 0. The zero-order valence-electron chi connectivity index (χ0n) is 16.6. The summed E-state index contributed by atoms with van der Waals surface area (Å²) in [5, 5.41) is 5.65. The van der Waals surface area contributed by atoms with Crippen LogP contribution in [0.3, 0.4) is 0 Å². The fraction of sp³-hybridized carbons (Fsp3) is 0.125. The van der Waals surface area contributed by atoms with Crippen LogP contribution in [0, 0.1) is 13.8 Å². The third-order valence-electron chi connectivity index (χ3n) is 4.57. The Morgan fingerprint density at radius 1 is 0.690 bits per heavy atom. The van der Waals surface area contributed by atoms with Gasteiger partial charge in [-0.2, -0.15) is 0 Å². The molecule has 0 aromatic heterocycles. The minimum atomic E-state index is -0.313. The molecular weight excluding hydrogens is 364 g/mol. The topological polar surface area (TPSA) is 75.3 Å². The summed E-state index contributed by atoms with van der Waals surface area (Å²) in [4.78, 5) is 36.4. The molecule has 0 spiro atoms. The van der Waals surface area contributed by atoms with Crippen LogP contribution in [0.25, 0.3) is 0 Å². The average molecular weight is 386 g/mol. The molecule has 5 heteroatoms. The van der Waals surface area contributed by atoms with Crippen LogP contribution in [0.1, 0.15) is 49.1 Å². The van der Waals surface area contributed by atoms with Crippen molar-refractivity contribution in [1.82, 2.24) is 0 Å². The lowest BCUT2D eigenvalue weighted by Gasteiger charge is -2.10. The van der Waals surface area contributed by atoms with E-state index in [1.807, 2.05) is 32.0 Å². The molecule has 3 aromatic rings. The van der Waals surface area contributed by atoms with Gasteiger partial charge in [0.1, 0.15) is 0 Å². The van der Waals surface area contributed by atoms with Gasteiger partial charge in [0.15, 0.2) is 5.78 Å². The molecule has 2 amide bonds. The summed E-state index contributed by atoms with van der Waals surface area (Å²) in [5.41, 5.74) is 4.82. The highest BCUT2D eigenvalue weighted by molar-refractivity contribution is 6.07. The van der Waals surface area contributed by atoms with Gasteiger partial charge < -0.3 is 10.6 Å². The fourth-order valence-corrected chi connectivity index (χ4v) is 2.94. The number of nitrogens with one attached hydrogen (secondary N) is 2. The van der Waals surface area contributed by atoms with Gasteiger partial charge in [-0.3, -0.25) is 14.4 Å². The third-order valence-corrected chi connectivity index (χ3v) is 4.57. The Kier molecular flexibility index (Phi) is 5.88. The van der Waals surface area contributed by atoms with Crippen molar-refractivity contribution in [2.75, 3.05) is 10.6 Å². The molecular formula is C24H22N2O3. The first-order chi connectivity index (χ1) is 13.8. The van der Waals surface area contributed by atoms with Crippen LogP contribution >= 0.6 is 0 Å². The number of carbonyl (C=O) groups is 3. The Morgan fingerprint density at radius 2 is 1.31 bits per heavy atom. The van der Waals surface area contributed by atoms with E-state index in [1.54, 1.807) is 48.5 Å². The van der Waals surface area contributed by atoms with E-state index in [2.05, 4.69) is 10.6 Å². The van der Waals surface area contributed by atoms with Crippen LogP contribution in [0.4, 0.5) is 11.4 Å². The second kappa shape index (κ2) is 8.52. The molecule has 0 atom stereocenters. The monoisotopic (exact) mass is 386 g/mol. The Hall–Kier alpha value is -3.73. The van der Waals surface area contributed by atoms with Crippen LogP contribution in [-0.4, -0.2) is 17.6 Å². The van der Waals surface area contributed by atoms with E-state index in [0.29, 0.717) is 22.4 Å². The maximum atomic E-state index is 12.5. The van der Waals surface area contributed by atoms with Gasteiger partial charge in [0.25, 0.3) is 11.8 Å². The lowest BCUT2D eigenvalue weighted by molar-refractivity contribution is 0.101. The third kappa shape index (κ3) is 4.96. The average Bonchev–Trinajstić information content (AvgIpc) is 2.70. The molecule has 0 aliphatic rings. The van der Waals surface area contributed by atoms with Gasteiger partial charge in [-0.15, -0.1) is 0 Å². The Bertz CT molecular complexity index is 1090. The lowest BCUT2D eigenvalue weighted by Crippen LogP contribution is -2.15. The minimum absolute atomic E-state index is 0.0692. The zero-order valence-corrected chi connectivity index (χ0v) is 16.6. The number of Topliss-reactive ketones (excluding diaryl/α,β-unsaturated/α-hetero) is 1. The Labute approximate surface area is 169 Å². The van der Waals surface area contributed by atoms with Gasteiger partial charge in [0.2, 0.25) is 0 Å². The highest BCUT2D eigenvalue weighted by atomic mass is 16.2. The molecule has 3 rings (SSSR count). The summed E-state index contributed by atoms with van der Waals surface area (Å²) in [6.45, 7) is 5.42. The van der Waals surface area contributed by atoms with Crippen LogP contribution in [0.15, 0.2) is 66.7 Å². The molecule has 5 nitrogen and oxygen atoms in total. The molecule has 0 saturated heterocycles. The van der Waals surface area contributed by atoms with Crippen molar-refractivity contribution >= 4 is 29.0 Å². The van der Waals surface area contributed by atoms with E-state index in [4.69, 9.17) is 0 Å². The zero-order chi connectivity index (χ0) is 21.0. The summed E-state index contributed by atoms with van der Waals surface area (Å²) in [6, 6.07) is 19.0. The molecule has 0 unspecified atom stereocenters. The van der Waals surface area contributed by atoms with Gasteiger partial charge in [0, 0.05) is 28.1 Å². The molecule has 29 heavy (non-hydrogen) atoms. The summed E-state index contributed by atoms with van der Waals surface area (Å²) in [6.07, 6.45) is 0. The molecule has 0 saturated carbocycles. The number of ketones is 1. The molecule has 0 aliphatic heterocycles. The van der Waals surface area contributed by atoms with Crippen LogP contribution in [0.5, 0.6) is 0 Å². The number of aryl methyl sites for hydroxylation is 2.